The molecule has 2 N–H and O–H groups in total. The number of Topliss-reactive ketones (excluding diaryl/α,β-unsaturated/α-hetero) is 1. The Balaban J connectivity index is 1.95. The number of esters is 1. The Bertz CT molecular complexity index is 1020. The largest absolute Gasteiger partial charge is 0.481 e. The highest BCUT2D eigenvalue weighted by molar-refractivity contribution is 8.13. The lowest BCUT2D eigenvalue weighted by molar-refractivity contribution is -0.148. The van der Waals surface area contributed by atoms with Gasteiger partial charge in [0, 0.05) is 18.6 Å². The number of amides is 1. The standard InChI is InChI=1S/C23H25NO7S/c1-14(13-32-15(2)25)23(30)24-19(11-21(27)28)20(26)12-31-22(29)10-17-8-5-7-16-6-3-4-9-18(16)17/h3-9,14,19H,10-13H2,1-2H3,(H,24,30)(H,27,28)/t14-,19+/m1/s1. The van der Waals surface area contributed by atoms with Gasteiger partial charge in [0.25, 0.3) is 0 Å². The van der Waals surface area contributed by atoms with Gasteiger partial charge in [-0.1, -0.05) is 61.2 Å². The molecule has 0 saturated heterocycles. The van der Waals surface area contributed by atoms with Crippen molar-refractivity contribution in [3.05, 3.63) is 48.0 Å². The SMILES string of the molecule is CC(=O)SC[C@@H](C)C(=O)N[C@@H](CC(=O)O)C(=O)COC(=O)Cc1cccc2ccccc12. The van der Waals surface area contributed by atoms with Gasteiger partial charge in [0.05, 0.1) is 12.8 Å². The second-order valence-corrected chi connectivity index (χ2v) is 8.50. The third kappa shape index (κ3) is 7.81. The molecule has 0 aliphatic carbocycles. The van der Waals surface area contributed by atoms with Crippen LogP contribution in [0.1, 0.15) is 25.8 Å². The summed E-state index contributed by atoms with van der Waals surface area (Å²) >= 11 is 0.962. The van der Waals surface area contributed by atoms with Crippen LogP contribution in [0.25, 0.3) is 10.8 Å². The van der Waals surface area contributed by atoms with Crippen molar-refractivity contribution in [3.63, 3.8) is 0 Å². The van der Waals surface area contributed by atoms with E-state index in [-0.39, 0.29) is 17.3 Å². The summed E-state index contributed by atoms with van der Waals surface area (Å²) in [6.07, 6.45) is -0.693. The number of carboxylic acid groups (broad SMARTS) is 1. The third-order valence-corrected chi connectivity index (χ3v) is 5.73. The lowest BCUT2D eigenvalue weighted by Crippen LogP contribution is -2.46. The van der Waals surface area contributed by atoms with Crippen LogP contribution in [0.3, 0.4) is 0 Å². The van der Waals surface area contributed by atoms with Gasteiger partial charge in [0.1, 0.15) is 6.04 Å². The average molecular weight is 460 g/mol. The zero-order valence-corrected chi connectivity index (χ0v) is 18.6. The lowest BCUT2D eigenvalue weighted by Gasteiger charge is -2.18. The highest BCUT2D eigenvalue weighted by atomic mass is 32.2. The lowest BCUT2D eigenvalue weighted by atomic mass is 10.0. The Morgan fingerprint density at radius 2 is 1.75 bits per heavy atom. The molecule has 32 heavy (non-hydrogen) atoms. The average Bonchev–Trinajstić information content (AvgIpc) is 2.75. The van der Waals surface area contributed by atoms with E-state index in [1.165, 1.54) is 6.92 Å². The molecule has 8 nitrogen and oxygen atoms in total. The molecule has 0 heterocycles. The quantitative estimate of drug-likeness (QED) is 0.491. The van der Waals surface area contributed by atoms with Gasteiger partial charge in [-0.3, -0.25) is 24.0 Å². The highest BCUT2D eigenvalue weighted by Crippen LogP contribution is 2.19. The van der Waals surface area contributed by atoms with Gasteiger partial charge >= 0.3 is 11.9 Å². The molecule has 0 spiro atoms. The number of thioether (sulfide) groups is 1. The fraction of sp³-hybridized carbons (Fsp3) is 0.348. The fourth-order valence-corrected chi connectivity index (χ4v) is 3.59. The summed E-state index contributed by atoms with van der Waals surface area (Å²) in [5.41, 5.74) is 0.743. The molecular formula is C23H25NO7S. The fourth-order valence-electron chi connectivity index (χ4n) is 2.96. The van der Waals surface area contributed by atoms with Crippen molar-refractivity contribution in [1.82, 2.24) is 5.32 Å². The molecule has 0 saturated carbocycles. The van der Waals surface area contributed by atoms with E-state index in [1.54, 1.807) is 13.0 Å². The van der Waals surface area contributed by atoms with Crippen LogP contribution >= 0.6 is 11.8 Å². The molecular weight excluding hydrogens is 434 g/mol. The monoisotopic (exact) mass is 459 g/mol. The van der Waals surface area contributed by atoms with Crippen LogP contribution in [-0.2, 0) is 35.1 Å². The number of rotatable bonds is 11. The molecule has 2 atom stereocenters. The number of carbonyl (C=O) groups excluding carboxylic acids is 4. The number of hydrogen-bond acceptors (Lipinski definition) is 7. The Labute approximate surface area is 189 Å². The summed E-state index contributed by atoms with van der Waals surface area (Å²) < 4.78 is 5.06. The second-order valence-electron chi connectivity index (χ2n) is 7.30. The van der Waals surface area contributed by atoms with Gasteiger partial charge in [-0.25, -0.2) is 0 Å². The molecule has 170 valence electrons. The molecule has 0 aromatic heterocycles. The molecule has 0 bridgehead atoms. The number of ether oxygens (including phenoxy) is 1. The molecule has 0 fully saturated rings. The number of nitrogens with one attached hydrogen (secondary N) is 1. The van der Waals surface area contributed by atoms with Gasteiger partial charge < -0.3 is 15.2 Å². The number of hydrogen-bond donors (Lipinski definition) is 2. The summed E-state index contributed by atoms with van der Waals surface area (Å²) in [5.74, 6) is -3.60. The Morgan fingerprint density at radius 3 is 2.44 bits per heavy atom. The maximum Gasteiger partial charge on any atom is 0.310 e. The van der Waals surface area contributed by atoms with E-state index < -0.39 is 48.6 Å². The predicted octanol–water partition coefficient (Wildman–Crippen LogP) is 2.37. The first-order valence-electron chi connectivity index (χ1n) is 9.98. The number of ketones is 1. The van der Waals surface area contributed by atoms with Crippen molar-refractivity contribution in [2.75, 3.05) is 12.4 Å². The molecule has 2 aromatic carbocycles. The second kappa shape index (κ2) is 12.0. The van der Waals surface area contributed by atoms with Crippen LogP contribution in [0.5, 0.6) is 0 Å². The van der Waals surface area contributed by atoms with Crippen LogP contribution in [0, 0.1) is 5.92 Å². The van der Waals surface area contributed by atoms with Crippen molar-refractivity contribution < 1.29 is 33.8 Å². The van der Waals surface area contributed by atoms with Crippen molar-refractivity contribution in [2.24, 2.45) is 5.92 Å². The minimum atomic E-state index is -1.34. The van der Waals surface area contributed by atoms with E-state index >= 15 is 0 Å². The summed E-state index contributed by atoms with van der Waals surface area (Å²) in [4.78, 5) is 59.2. The molecule has 2 rings (SSSR count). The molecule has 0 aliphatic heterocycles. The first-order valence-corrected chi connectivity index (χ1v) is 11.0. The van der Waals surface area contributed by atoms with Crippen molar-refractivity contribution in [2.45, 2.75) is 32.7 Å². The van der Waals surface area contributed by atoms with Crippen LogP contribution in [0.15, 0.2) is 42.5 Å². The van der Waals surface area contributed by atoms with E-state index in [0.29, 0.717) is 0 Å². The molecule has 2 aromatic rings. The number of benzene rings is 2. The van der Waals surface area contributed by atoms with Gasteiger partial charge in [-0.05, 0) is 16.3 Å². The zero-order chi connectivity index (χ0) is 23.7. The number of aliphatic carboxylic acids is 1. The number of carbonyl (C=O) groups is 5. The zero-order valence-electron chi connectivity index (χ0n) is 17.8. The number of fused-ring (bicyclic) bond motifs is 1. The normalized spacial score (nSPS) is 12.6. The van der Waals surface area contributed by atoms with Crippen LogP contribution in [-0.4, -0.2) is 52.3 Å². The highest BCUT2D eigenvalue weighted by Gasteiger charge is 2.27. The maximum atomic E-state index is 12.5. The minimum Gasteiger partial charge on any atom is -0.481 e. The third-order valence-electron chi connectivity index (χ3n) is 4.66. The van der Waals surface area contributed by atoms with Crippen molar-refractivity contribution >= 4 is 51.3 Å². The smallest absolute Gasteiger partial charge is 0.310 e. The number of carboxylic acids is 1. The summed E-state index contributed by atoms with van der Waals surface area (Å²) in [7, 11) is 0. The molecule has 1 amide bonds. The predicted molar refractivity (Wildman–Crippen MR) is 120 cm³/mol. The minimum absolute atomic E-state index is 0.0517. The first kappa shape index (κ1) is 25.1. The van der Waals surface area contributed by atoms with E-state index in [4.69, 9.17) is 9.84 Å². The van der Waals surface area contributed by atoms with Crippen LogP contribution in [0.4, 0.5) is 0 Å². The molecule has 0 aliphatic rings. The van der Waals surface area contributed by atoms with Gasteiger partial charge in [-0.2, -0.15) is 0 Å². The van der Waals surface area contributed by atoms with Gasteiger partial charge in [0.15, 0.2) is 17.5 Å². The Morgan fingerprint density at radius 1 is 1.06 bits per heavy atom. The van der Waals surface area contributed by atoms with Gasteiger partial charge in [-0.15, -0.1) is 0 Å². The molecule has 0 unspecified atom stereocenters. The topological polar surface area (TPSA) is 127 Å². The van der Waals surface area contributed by atoms with Crippen LogP contribution < -0.4 is 5.32 Å². The Hall–Kier alpha value is -3.20. The van der Waals surface area contributed by atoms with Gasteiger partial charge in [0.2, 0.25) is 5.91 Å². The molecule has 0 radical (unpaired) electrons. The molecule has 9 heteroatoms. The summed E-state index contributed by atoms with van der Waals surface area (Å²) in [6.45, 7) is 2.29. The van der Waals surface area contributed by atoms with Crippen molar-refractivity contribution in [1.29, 1.82) is 0 Å². The van der Waals surface area contributed by atoms with E-state index in [1.807, 2.05) is 36.4 Å². The van der Waals surface area contributed by atoms with E-state index in [0.717, 1.165) is 28.1 Å². The van der Waals surface area contributed by atoms with E-state index in [2.05, 4.69) is 5.32 Å². The summed E-state index contributed by atoms with van der Waals surface area (Å²) in [5, 5.41) is 13.2. The Kier molecular flexibility index (Phi) is 9.39. The van der Waals surface area contributed by atoms with Crippen molar-refractivity contribution in [3.8, 4) is 0 Å². The van der Waals surface area contributed by atoms with E-state index in [9.17, 15) is 24.0 Å². The first-order chi connectivity index (χ1) is 15.2. The van der Waals surface area contributed by atoms with Crippen LogP contribution in [0.2, 0.25) is 0 Å². The summed E-state index contributed by atoms with van der Waals surface area (Å²) in [6, 6.07) is 11.7. The maximum absolute atomic E-state index is 12.5.